The standard InChI is InChI=1S/C12H20O4/c1-4-9-7-8(2)11(16-9)12(3,15)6-5-10(13)14/h5-6,8-9,11,15H,4,7H2,1-3H3,(H,13,14)/b6-5+/t8-,9+,11-,12+/m1/s1. The van der Waals surface area contributed by atoms with Crippen LogP contribution in [-0.2, 0) is 9.53 Å². The zero-order chi connectivity index (χ0) is 12.3. The molecule has 1 fully saturated rings. The van der Waals surface area contributed by atoms with Crippen molar-refractivity contribution in [3.8, 4) is 0 Å². The highest BCUT2D eigenvalue weighted by Crippen LogP contribution is 2.34. The summed E-state index contributed by atoms with van der Waals surface area (Å²) in [4.78, 5) is 10.4. The SMILES string of the molecule is CC[C@H]1C[C@@H](C)[C@H]([C@@](C)(O)/C=C/C(=O)O)O1. The Labute approximate surface area is 95.9 Å². The van der Waals surface area contributed by atoms with Gasteiger partial charge in [0.15, 0.2) is 0 Å². The number of ether oxygens (including phenoxy) is 1. The second kappa shape index (κ2) is 4.97. The fourth-order valence-corrected chi connectivity index (χ4v) is 2.25. The first kappa shape index (κ1) is 13.2. The van der Waals surface area contributed by atoms with Gasteiger partial charge in [-0.05, 0) is 31.8 Å². The quantitative estimate of drug-likeness (QED) is 0.717. The van der Waals surface area contributed by atoms with E-state index in [9.17, 15) is 9.90 Å². The van der Waals surface area contributed by atoms with Crippen molar-refractivity contribution in [2.75, 3.05) is 0 Å². The van der Waals surface area contributed by atoms with Gasteiger partial charge < -0.3 is 14.9 Å². The summed E-state index contributed by atoms with van der Waals surface area (Å²) in [5.74, 6) is -0.823. The molecule has 0 amide bonds. The van der Waals surface area contributed by atoms with E-state index >= 15 is 0 Å². The lowest BCUT2D eigenvalue weighted by molar-refractivity contribution is -0.131. The monoisotopic (exact) mass is 228 g/mol. The fourth-order valence-electron chi connectivity index (χ4n) is 2.25. The Kier molecular flexibility index (Phi) is 4.10. The van der Waals surface area contributed by atoms with Crippen LogP contribution in [0.25, 0.3) is 0 Å². The summed E-state index contributed by atoms with van der Waals surface area (Å²) >= 11 is 0. The Bertz CT molecular complexity index is 283. The number of aliphatic carboxylic acids is 1. The van der Waals surface area contributed by atoms with Crippen molar-refractivity contribution in [1.29, 1.82) is 0 Å². The highest BCUT2D eigenvalue weighted by Gasteiger charge is 2.41. The van der Waals surface area contributed by atoms with Crippen molar-refractivity contribution in [2.24, 2.45) is 5.92 Å². The smallest absolute Gasteiger partial charge is 0.328 e. The zero-order valence-electron chi connectivity index (χ0n) is 10.0. The van der Waals surface area contributed by atoms with Gasteiger partial charge in [0.2, 0.25) is 0 Å². The van der Waals surface area contributed by atoms with Crippen LogP contribution in [0.5, 0.6) is 0 Å². The van der Waals surface area contributed by atoms with Gasteiger partial charge in [-0.2, -0.15) is 0 Å². The van der Waals surface area contributed by atoms with E-state index in [1.807, 2.05) is 13.8 Å². The van der Waals surface area contributed by atoms with Crippen molar-refractivity contribution in [3.05, 3.63) is 12.2 Å². The van der Waals surface area contributed by atoms with E-state index in [-0.39, 0.29) is 18.1 Å². The van der Waals surface area contributed by atoms with Crippen LogP contribution in [0.3, 0.4) is 0 Å². The molecule has 0 aromatic carbocycles. The number of carbonyl (C=O) groups is 1. The van der Waals surface area contributed by atoms with Crippen LogP contribution >= 0.6 is 0 Å². The van der Waals surface area contributed by atoms with Crippen LogP contribution in [0.1, 0.15) is 33.6 Å². The lowest BCUT2D eigenvalue weighted by atomic mass is 9.88. The molecule has 0 aliphatic carbocycles. The van der Waals surface area contributed by atoms with Crippen LogP contribution < -0.4 is 0 Å². The van der Waals surface area contributed by atoms with Crippen molar-refractivity contribution >= 4 is 5.97 Å². The average Bonchev–Trinajstić information content (AvgIpc) is 2.57. The highest BCUT2D eigenvalue weighted by atomic mass is 16.5. The minimum Gasteiger partial charge on any atom is -0.478 e. The van der Waals surface area contributed by atoms with E-state index in [1.54, 1.807) is 6.92 Å². The predicted molar refractivity (Wildman–Crippen MR) is 60.1 cm³/mol. The normalized spacial score (nSPS) is 34.1. The molecule has 1 saturated heterocycles. The minimum absolute atomic E-state index is 0.171. The van der Waals surface area contributed by atoms with Crippen LogP contribution in [0.2, 0.25) is 0 Å². The van der Waals surface area contributed by atoms with Gasteiger partial charge in [0.25, 0.3) is 0 Å². The van der Waals surface area contributed by atoms with E-state index in [1.165, 1.54) is 6.08 Å². The summed E-state index contributed by atoms with van der Waals surface area (Å²) in [6.07, 6.45) is 3.94. The Morgan fingerprint density at radius 2 is 2.25 bits per heavy atom. The van der Waals surface area contributed by atoms with E-state index in [2.05, 4.69) is 0 Å². The maximum atomic E-state index is 10.4. The summed E-state index contributed by atoms with van der Waals surface area (Å²) in [5, 5.41) is 18.7. The van der Waals surface area contributed by atoms with Gasteiger partial charge in [0.1, 0.15) is 5.60 Å². The number of rotatable bonds is 4. The first-order valence-corrected chi connectivity index (χ1v) is 5.66. The maximum Gasteiger partial charge on any atom is 0.328 e. The molecule has 92 valence electrons. The first-order chi connectivity index (χ1) is 7.36. The summed E-state index contributed by atoms with van der Waals surface area (Å²) in [7, 11) is 0. The van der Waals surface area contributed by atoms with E-state index in [0.717, 1.165) is 18.9 Å². The third-order valence-electron chi connectivity index (χ3n) is 3.09. The second-order valence-electron chi connectivity index (χ2n) is 4.70. The molecule has 0 aromatic heterocycles. The van der Waals surface area contributed by atoms with Crippen LogP contribution in [0.15, 0.2) is 12.2 Å². The molecule has 0 aromatic rings. The Morgan fingerprint density at radius 1 is 1.62 bits per heavy atom. The Hall–Kier alpha value is -0.870. The number of hydrogen-bond donors (Lipinski definition) is 2. The van der Waals surface area contributed by atoms with Crippen molar-refractivity contribution in [2.45, 2.75) is 51.4 Å². The van der Waals surface area contributed by atoms with Crippen LogP contribution in [0, 0.1) is 5.92 Å². The van der Waals surface area contributed by atoms with Gasteiger partial charge in [-0.1, -0.05) is 13.8 Å². The molecular weight excluding hydrogens is 208 g/mol. The topological polar surface area (TPSA) is 66.8 Å². The van der Waals surface area contributed by atoms with Crippen LogP contribution in [0.4, 0.5) is 0 Å². The van der Waals surface area contributed by atoms with E-state index < -0.39 is 11.6 Å². The Morgan fingerprint density at radius 3 is 2.69 bits per heavy atom. The van der Waals surface area contributed by atoms with Crippen LogP contribution in [-0.4, -0.2) is 34.0 Å². The zero-order valence-corrected chi connectivity index (χ0v) is 10.0. The van der Waals surface area contributed by atoms with Gasteiger partial charge in [0.05, 0.1) is 12.2 Å². The number of hydrogen-bond acceptors (Lipinski definition) is 3. The molecule has 1 aliphatic rings. The lowest BCUT2D eigenvalue weighted by Crippen LogP contribution is -2.40. The molecule has 4 atom stereocenters. The summed E-state index contributed by atoms with van der Waals surface area (Å²) in [5.41, 5.74) is -1.22. The van der Waals surface area contributed by atoms with E-state index in [0.29, 0.717) is 0 Å². The first-order valence-electron chi connectivity index (χ1n) is 5.66. The molecule has 0 bridgehead atoms. The summed E-state index contributed by atoms with van der Waals surface area (Å²) in [6.45, 7) is 5.65. The average molecular weight is 228 g/mol. The highest BCUT2D eigenvalue weighted by molar-refractivity contribution is 5.79. The van der Waals surface area contributed by atoms with Crippen molar-refractivity contribution in [3.63, 3.8) is 0 Å². The molecule has 4 heteroatoms. The molecule has 2 N–H and O–H groups in total. The molecule has 4 nitrogen and oxygen atoms in total. The minimum atomic E-state index is -1.22. The van der Waals surface area contributed by atoms with Gasteiger partial charge >= 0.3 is 5.97 Å². The van der Waals surface area contributed by atoms with E-state index in [4.69, 9.17) is 9.84 Å². The molecule has 0 unspecified atom stereocenters. The molecule has 16 heavy (non-hydrogen) atoms. The second-order valence-corrected chi connectivity index (χ2v) is 4.70. The Balaban J connectivity index is 2.72. The number of carboxylic acids is 1. The molecule has 0 saturated carbocycles. The van der Waals surface area contributed by atoms with Gasteiger partial charge in [-0.3, -0.25) is 0 Å². The number of carboxylic acid groups (broad SMARTS) is 1. The molecule has 0 radical (unpaired) electrons. The van der Waals surface area contributed by atoms with Crippen molar-refractivity contribution in [1.82, 2.24) is 0 Å². The third-order valence-corrected chi connectivity index (χ3v) is 3.09. The summed E-state index contributed by atoms with van der Waals surface area (Å²) in [6, 6.07) is 0. The maximum absolute atomic E-state index is 10.4. The van der Waals surface area contributed by atoms with Crippen molar-refractivity contribution < 1.29 is 19.7 Å². The lowest BCUT2D eigenvalue weighted by Gasteiger charge is -2.29. The molecule has 1 rings (SSSR count). The molecular formula is C12H20O4. The fraction of sp³-hybridized carbons (Fsp3) is 0.750. The van der Waals surface area contributed by atoms with Gasteiger partial charge in [-0.25, -0.2) is 4.79 Å². The summed E-state index contributed by atoms with van der Waals surface area (Å²) < 4.78 is 5.73. The molecule has 0 spiro atoms. The van der Waals surface area contributed by atoms with Gasteiger partial charge in [0, 0.05) is 6.08 Å². The largest absolute Gasteiger partial charge is 0.478 e. The molecule has 1 heterocycles. The van der Waals surface area contributed by atoms with Gasteiger partial charge in [-0.15, -0.1) is 0 Å². The third kappa shape index (κ3) is 3.06. The predicted octanol–water partition coefficient (Wildman–Crippen LogP) is 1.58. The number of aliphatic hydroxyl groups is 1. The molecule has 1 aliphatic heterocycles.